The van der Waals surface area contributed by atoms with Crippen LogP contribution < -0.4 is 5.32 Å². The highest BCUT2D eigenvalue weighted by Crippen LogP contribution is 2.33. The minimum Gasteiger partial charge on any atom is -0.314 e. The first-order valence-electron chi connectivity index (χ1n) is 8.90. The van der Waals surface area contributed by atoms with Crippen LogP contribution in [-0.2, 0) is 6.42 Å². The molecule has 0 amide bonds. The van der Waals surface area contributed by atoms with Gasteiger partial charge in [-0.05, 0) is 63.2 Å². The first-order chi connectivity index (χ1) is 10.4. The molecule has 0 spiro atoms. The van der Waals surface area contributed by atoms with Crippen molar-refractivity contribution in [2.45, 2.75) is 51.0 Å². The highest BCUT2D eigenvalue weighted by Gasteiger charge is 2.21. The molecule has 3 rings (SSSR count). The van der Waals surface area contributed by atoms with Crippen molar-refractivity contribution in [1.82, 2.24) is 10.2 Å². The predicted octanol–water partition coefficient (Wildman–Crippen LogP) is 3.47. The summed E-state index contributed by atoms with van der Waals surface area (Å²) in [7, 11) is 0. The molecule has 1 aromatic carbocycles. The second-order valence-electron chi connectivity index (χ2n) is 6.89. The van der Waals surface area contributed by atoms with Crippen molar-refractivity contribution in [3.05, 3.63) is 35.9 Å². The zero-order chi connectivity index (χ0) is 14.3. The summed E-state index contributed by atoms with van der Waals surface area (Å²) in [6.45, 7) is 5.00. The minimum absolute atomic E-state index is 0.775. The molecule has 1 aromatic rings. The number of nitrogens with one attached hydrogen (secondary N) is 1. The third kappa shape index (κ3) is 5.44. The summed E-state index contributed by atoms with van der Waals surface area (Å²) >= 11 is 0. The Morgan fingerprint density at radius 1 is 1.00 bits per heavy atom. The molecular formula is C19H30N2. The first kappa shape index (κ1) is 15.1. The fourth-order valence-corrected chi connectivity index (χ4v) is 3.40. The molecule has 2 aliphatic rings. The molecule has 0 unspecified atom stereocenters. The summed E-state index contributed by atoms with van der Waals surface area (Å²) in [6.07, 6.45) is 9.71. The molecule has 2 heteroatoms. The smallest absolute Gasteiger partial charge is 0.00914 e. The summed E-state index contributed by atoms with van der Waals surface area (Å²) in [5, 5.41) is 3.77. The third-order valence-corrected chi connectivity index (χ3v) is 5.07. The first-order valence-corrected chi connectivity index (χ1v) is 8.90. The van der Waals surface area contributed by atoms with E-state index in [1.165, 1.54) is 76.7 Å². The van der Waals surface area contributed by atoms with Crippen LogP contribution in [0.4, 0.5) is 0 Å². The van der Waals surface area contributed by atoms with Crippen LogP contribution in [0.25, 0.3) is 0 Å². The Bertz CT molecular complexity index is 391. The maximum atomic E-state index is 3.77. The Labute approximate surface area is 129 Å². The molecule has 1 N–H and O–H groups in total. The van der Waals surface area contributed by atoms with Gasteiger partial charge in [0.15, 0.2) is 0 Å². The highest BCUT2D eigenvalue weighted by molar-refractivity contribution is 5.14. The second-order valence-corrected chi connectivity index (χ2v) is 6.89. The third-order valence-electron chi connectivity index (χ3n) is 5.07. The van der Waals surface area contributed by atoms with Crippen LogP contribution in [0.1, 0.15) is 44.1 Å². The van der Waals surface area contributed by atoms with Crippen molar-refractivity contribution in [2.24, 2.45) is 5.92 Å². The molecule has 1 saturated carbocycles. The average Bonchev–Trinajstić information content (AvgIpc) is 3.36. The predicted molar refractivity (Wildman–Crippen MR) is 89.6 cm³/mol. The van der Waals surface area contributed by atoms with Gasteiger partial charge in [0.25, 0.3) is 0 Å². The average molecular weight is 286 g/mol. The molecule has 1 aliphatic carbocycles. The van der Waals surface area contributed by atoms with E-state index in [4.69, 9.17) is 0 Å². The molecule has 116 valence electrons. The van der Waals surface area contributed by atoms with Gasteiger partial charge in [-0.1, -0.05) is 43.2 Å². The van der Waals surface area contributed by atoms with Crippen LogP contribution in [0.3, 0.4) is 0 Å². The molecule has 1 aliphatic heterocycles. The van der Waals surface area contributed by atoms with E-state index in [2.05, 4.69) is 40.5 Å². The minimum atomic E-state index is 0.775. The van der Waals surface area contributed by atoms with E-state index in [1.54, 1.807) is 0 Å². The standard InChI is InChI=1S/C19H30N2/c1-2-5-17(6-3-1)10-14-21-15-11-19(12-16-21)20-13-4-7-18-8-9-18/h1-3,5-6,18-20H,4,7-16H2. The van der Waals surface area contributed by atoms with Gasteiger partial charge in [-0.25, -0.2) is 0 Å². The topological polar surface area (TPSA) is 15.3 Å². The van der Waals surface area contributed by atoms with Gasteiger partial charge in [-0.15, -0.1) is 0 Å². The van der Waals surface area contributed by atoms with Crippen LogP contribution in [-0.4, -0.2) is 37.1 Å². The number of rotatable bonds is 8. The Balaban J connectivity index is 1.26. The number of nitrogens with zero attached hydrogens (tertiary/aromatic N) is 1. The normalized spacial score (nSPS) is 20.8. The lowest BCUT2D eigenvalue weighted by atomic mass is 10.0. The maximum absolute atomic E-state index is 3.77. The van der Waals surface area contributed by atoms with Gasteiger partial charge >= 0.3 is 0 Å². The lowest BCUT2D eigenvalue weighted by Crippen LogP contribution is -2.43. The summed E-state index contributed by atoms with van der Waals surface area (Å²) in [5.41, 5.74) is 1.47. The van der Waals surface area contributed by atoms with Crippen molar-refractivity contribution in [3.8, 4) is 0 Å². The van der Waals surface area contributed by atoms with Gasteiger partial charge in [0, 0.05) is 12.6 Å². The van der Waals surface area contributed by atoms with E-state index >= 15 is 0 Å². The Hall–Kier alpha value is -0.860. The largest absolute Gasteiger partial charge is 0.314 e. The van der Waals surface area contributed by atoms with Crippen LogP contribution in [0, 0.1) is 5.92 Å². The van der Waals surface area contributed by atoms with Crippen molar-refractivity contribution < 1.29 is 0 Å². The summed E-state index contributed by atoms with van der Waals surface area (Å²) in [5.74, 6) is 1.09. The van der Waals surface area contributed by atoms with E-state index in [0.717, 1.165) is 12.0 Å². The Morgan fingerprint density at radius 2 is 1.76 bits per heavy atom. The molecule has 1 saturated heterocycles. The van der Waals surface area contributed by atoms with Crippen LogP contribution >= 0.6 is 0 Å². The van der Waals surface area contributed by atoms with Crippen molar-refractivity contribution in [1.29, 1.82) is 0 Å². The van der Waals surface area contributed by atoms with Crippen LogP contribution in [0.5, 0.6) is 0 Å². The molecule has 21 heavy (non-hydrogen) atoms. The van der Waals surface area contributed by atoms with Gasteiger partial charge in [0.1, 0.15) is 0 Å². The summed E-state index contributed by atoms with van der Waals surface area (Å²) in [4.78, 5) is 2.63. The summed E-state index contributed by atoms with van der Waals surface area (Å²) in [6, 6.07) is 11.7. The zero-order valence-electron chi connectivity index (χ0n) is 13.3. The number of likely N-dealkylation sites (tertiary alicyclic amines) is 1. The van der Waals surface area contributed by atoms with Crippen LogP contribution in [0.15, 0.2) is 30.3 Å². The van der Waals surface area contributed by atoms with Gasteiger partial charge in [0.05, 0.1) is 0 Å². The quantitative estimate of drug-likeness (QED) is 0.736. The van der Waals surface area contributed by atoms with Crippen molar-refractivity contribution >= 4 is 0 Å². The monoisotopic (exact) mass is 286 g/mol. The molecule has 2 fully saturated rings. The highest BCUT2D eigenvalue weighted by atomic mass is 15.1. The maximum Gasteiger partial charge on any atom is 0.00914 e. The second kappa shape index (κ2) is 7.95. The lowest BCUT2D eigenvalue weighted by molar-refractivity contribution is 0.199. The van der Waals surface area contributed by atoms with Crippen LogP contribution in [0.2, 0.25) is 0 Å². The van der Waals surface area contributed by atoms with Crippen molar-refractivity contribution in [3.63, 3.8) is 0 Å². The number of hydrogen-bond acceptors (Lipinski definition) is 2. The lowest BCUT2D eigenvalue weighted by Gasteiger charge is -2.32. The number of hydrogen-bond donors (Lipinski definition) is 1. The summed E-state index contributed by atoms with van der Waals surface area (Å²) < 4.78 is 0. The van der Waals surface area contributed by atoms with Crippen molar-refractivity contribution in [2.75, 3.05) is 26.2 Å². The molecule has 1 heterocycles. The zero-order valence-corrected chi connectivity index (χ0v) is 13.3. The fourth-order valence-electron chi connectivity index (χ4n) is 3.40. The Morgan fingerprint density at radius 3 is 2.48 bits per heavy atom. The number of benzene rings is 1. The molecule has 0 atom stereocenters. The van der Waals surface area contributed by atoms with E-state index in [1.807, 2.05) is 0 Å². The number of piperidine rings is 1. The van der Waals surface area contributed by atoms with Gasteiger partial charge in [0.2, 0.25) is 0 Å². The van der Waals surface area contributed by atoms with Gasteiger partial charge in [-0.2, -0.15) is 0 Å². The van der Waals surface area contributed by atoms with Gasteiger partial charge in [-0.3, -0.25) is 0 Å². The van der Waals surface area contributed by atoms with E-state index in [0.29, 0.717) is 0 Å². The van der Waals surface area contributed by atoms with E-state index in [-0.39, 0.29) is 0 Å². The Kier molecular flexibility index (Phi) is 5.70. The molecule has 2 nitrogen and oxygen atoms in total. The van der Waals surface area contributed by atoms with Gasteiger partial charge < -0.3 is 10.2 Å². The van der Waals surface area contributed by atoms with E-state index in [9.17, 15) is 0 Å². The molecule has 0 bridgehead atoms. The SMILES string of the molecule is c1ccc(CCN2CCC(NCCCC3CC3)CC2)cc1. The van der Waals surface area contributed by atoms with E-state index < -0.39 is 0 Å². The molecule has 0 radical (unpaired) electrons. The molecule has 0 aromatic heterocycles. The fraction of sp³-hybridized carbons (Fsp3) is 0.684. The molecular weight excluding hydrogens is 256 g/mol.